The largest absolute Gasteiger partial charge is 0.436 e. The molecule has 2 heterocycles. The quantitative estimate of drug-likeness (QED) is 0.299. The molecular weight excluding hydrogens is 454 g/mol. The van der Waals surface area contributed by atoms with Crippen LogP contribution in [-0.2, 0) is 24.8 Å². The molecule has 11 heteroatoms. The van der Waals surface area contributed by atoms with E-state index in [4.69, 9.17) is 13.3 Å². The fourth-order valence-corrected chi connectivity index (χ4v) is 5.27. The lowest BCUT2D eigenvalue weighted by Crippen LogP contribution is -2.48. The van der Waals surface area contributed by atoms with Crippen molar-refractivity contribution in [3.63, 3.8) is 0 Å². The van der Waals surface area contributed by atoms with Gasteiger partial charge in [-0.1, -0.05) is 18.6 Å². The van der Waals surface area contributed by atoms with Crippen molar-refractivity contribution in [3.8, 4) is 11.5 Å². The molecule has 3 aromatic rings. The van der Waals surface area contributed by atoms with Crippen molar-refractivity contribution in [2.75, 3.05) is 0 Å². The Balaban J connectivity index is 1.59. The van der Waals surface area contributed by atoms with Gasteiger partial charge in [-0.15, -0.1) is 0 Å². The molecule has 2 fully saturated rings. The molecular formula is C21H15F4NO5S. The van der Waals surface area contributed by atoms with Gasteiger partial charge in [-0.3, -0.25) is 4.79 Å². The summed E-state index contributed by atoms with van der Waals surface area (Å²) in [5.41, 5.74) is -2.18. The van der Waals surface area contributed by atoms with Gasteiger partial charge in [0.25, 0.3) is 0 Å². The van der Waals surface area contributed by atoms with E-state index in [1.807, 2.05) is 0 Å². The predicted octanol–water partition coefficient (Wildman–Crippen LogP) is 4.99. The van der Waals surface area contributed by atoms with Crippen molar-refractivity contribution >= 4 is 28.1 Å². The topological polar surface area (TPSA) is 78.6 Å². The molecule has 1 saturated heterocycles. The fourth-order valence-electron chi connectivity index (χ4n) is 4.07. The first kappa shape index (κ1) is 21.1. The van der Waals surface area contributed by atoms with Gasteiger partial charge in [-0.05, 0) is 25.0 Å². The molecule has 2 atom stereocenters. The summed E-state index contributed by atoms with van der Waals surface area (Å²) in [5, 5.41) is -2.19. The lowest BCUT2D eigenvalue weighted by Gasteiger charge is -2.40. The molecule has 0 bridgehead atoms. The van der Waals surface area contributed by atoms with Gasteiger partial charge in [0.05, 0.1) is 5.56 Å². The summed E-state index contributed by atoms with van der Waals surface area (Å²) in [6.45, 7) is 0. The van der Waals surface area contributed by atoms with Gasteiger partial charge in [0.15, 0.2) is 45.2 Å². The zero-order chi connectivity index (χ0) is 22.6. The lowest BCUT2D eigenvalue weighted by atomic mass is 9.94. The van der Waals surface area contributed by atoms with Crippen LogP contribution in [0.15, 0.2) is 28.7 Å². The summed E-state index contributed by atoms with van der Waals surface area (Å²) >= 11 is -2.62. The van der Waals surface area contributed by atoms with Crippen LogP contribution in [0, 0.1) is 23.3 Å². The van der Waals surface area contributed by atoms with Gasteiger partial charge in [-0.25, -0.2) is 30.9 Å². The van der Waals surface area contributed by atoms with Gasteiger partial charge >= 0.3 is 5.97 Å². The average molecular weight is 469 g/mol. The Kier molecular flexibility index (Phi) is 5.05. The Morgan fingerprint density at radius 3 is 2.25 bits per heavy atom. The Morgan fingerprint density at radius 1 is 0.969 bits per heavy atom. The summed E-state index contributed by atoms with van der Waals surface area (Å²) in [5.74, 6) is -10.9. The van der Waals surface area contributed by atoms with E-state index in [-0.39, 0.29) is 23.9 Å². The van der Waals surface area contributed by atoms with Crippen molar-refractivity contribution in [1.29, 1.82) is 0 Å². The molecule has 1 spiro atoms. The third-order valence-corrected chi connectivity index (χ3v) is 6.89. The van der Waals surface area contributed by atoms with Crippen molar-refractivity contribution in [1.82, 2.24) is 4.98 Å². The van der Waals surface area contributed by atoms with Crippen molar-refractivity contribution in [3.05, 3.63) is 53.1 Å². The first-order valence-corrected chi connectivity index (χ1v) is 11.0. The molecule has 32 heavy (non-hydrogen) atoms. The molecule has 1 aliphatic heterocycles. The number of oxazole rings is 1. The van der Waals surface area contributed by atoms with Crippen LogP contribution in [0.2, 0.25) is 0 Å². The number of carbonyl (C=O) groups is 1. The number of hydrogen-bond acceptors (Lipinski definition) is 6. The molecule has 6 nitrogen and oxygen atoms in total. The standard InChI is InChI=1S/C21H15F4NO5S/c22-14-12(18-20(27)30-21(31-32(18)28)8-4-1-5-9-21)15(23)17(25)13(16(14)24)19-26-10-6-2-3-7-11(10)29-19/h2-3,6-7,18H,1,4-5,8-9H2/t18?,32-/m0/s1. The van der Waals surface area contributed by atoms with Gasteiger partial charge in [-0.2, -0.15) is 0 Å². The number of benzene rings is 2. The minimum atomic E-state index is -2.62. The van der Waals surface area contributed by atoms with E-state index < -0.39 is 68.4 Å². The molecule has 0 radical (unpaired) electrons. The summed E-state index contributed by atoms with van der Waals surface area (Å²) in [7, 11) is 0. The van der Waals surface area contributed by atoms with E-state index in [0.29, 0.717) is 12.8 Å². The number of rotatable bonds is 2. The molecule has 2 aromatic carbocycles. The normalized spacial score (nSPS) is 22.9. The maximum absolute atomic E-state index is 15.0. The number of ether oxygens (including phenoxy) is 1. The first-order valence-electron chi connectivity index (χ1n) is 9.86. The number of aromatic nitrogens is 1. The third kappa shape index (κ3) is 3.22. The summed E-state index contributed by atoms with van der Waals surface area (Å²) < 4.78 is 88.2. The number of nitrogens with zero attached hydrogens (tertiary/aromatic N) is 1. The lowest BCUT2D eigenvalue weighted by molar-refractivity contribution is -0.212. The van der Waals surface area contributed by atoms with Crippen LogP contribution in [0.4, 0.5) is 17.6 Å². The molecule has 1 aliphatic carbocycles. The van der Waals surface area contributed by atoms with Crippen molar-refractivity contribution in [2.24, 2.45) is 0 Å². The SMILES string of the molecule is O=C1OC2(CCCCC2)O[S@](=O)C1c1c(F)c(F)c(-c2nc3ccccc3o2)c(F)c1F. The molecule has 1 aromatic heterocycles. The maximum atomic E-state index is 15.0. The van der Waals surface area contributed by atoms with Gasteiger partial charge in [0, 0.05) is 12.8 Å². The highest BCUT2D eigenvalue weighted by Crippen LogP contribution is 2.44. The van der Waals surface area contributed by atoms with Crippen LogP contribution in [0.25, 0.3) is 22.6 Å². The second-order valence-corrected chi connectivity index (χ2v) is 8.81. The van der Waals surface area contributed by atoms with Crippen LogP contribution in [0.3, 0.4) is 0 Å². The highest BCUT2D eigenvalue weighted by molar-refractivity contribution is 7.81. The maximum Gasteiger partial charge on any atom is 0.331 e. The number of para-hydroxylation sites is 2. The van der Waals surface area contributed by atoms with E-state index in [0.717, 1.165) is 6.42 Å². The van der Waals surface area contributed by atoms with E-state index in [1.165, 1.54) is 12.1 Å². The van der Waals surface area contributed by atoms with Crippen LogP contribution in [0.5, 0.6) is 0 Å². The van der Waals surface area contributed by atoms with E-state index in [9.17, 15) is 26.6 Å². The number of hydrogen-bond donors (Lipinski definition) is 0. The summed E-state index contributed by atoms with van der Waals surface area (Å²) in [6, 6.07) is 6.12. The zero-order valence-corrected chi connectivity index (χ0v) is 17.1. The third-order valence-electron chi connectivity index (χ3n) is 5.61. The average Bonchev–Trinajstić information content (AvgIpc) is 3.18. The number of fused-ring (bicyclic) bond motifs is 1. The van der Waals surface area contributed by atoms with E-state index in [1.54, 1.807) is 12.1 Å². The Bertz CT molecular complexity index is 1190. The molecule has 168 valence electrons. The van der Waals surface area contributed by atoms with Gasteiger partial charge < -0.3 is 9.15 Å². The van der Waals surface area contributed by atoms with Crippen molar-refractivity contribution < 1.29 is 39.9 Å². The summed E-state index contributed by atoms with van der Waals surface area (Å²) in [4.78, 5) is 16.4. The van der Waals surface area contributed by atoms with Crippen molar-refractivity contribution in [2.45, 2.75) is 43.1 Å². The molecule has 1 saturated carbocycles. The van der Waals surface area contributed by atoms with E-state index >= 15 is 0 Å². The minimum absolute atomic E-state index is 0.148. The van der Waals surface area contributed by atoms with Crippen LogP contribution >= 0.6 is 0 Å². The molecule has 5 rings (SSSR count). The number of carbonyl (C=O) groups excluding carboxylic acids is 1. The predicted molar refractivity (Wildman–Crippen MR) is 103 cm³/mol. The molecule has 0 amide bonds. The smallest absolute Gasteiger partial charge is 0.331 e. The molecule has 2 aliphatic rings. The second kappa shape index (κ2) is 7.66. The molecule has 1 unspecified atom stereocenters. The Hall–Kier alpha value is -2.79. The number of halogens is 4. The Morgan fingerprint density at radius 2 is 1.62 bits per heavy atom. The van der Waals surface area contributed by atoms with Crippen LogP contribution < -0.4 is 0 Å². The van der Waals surface area contributed by atoms with E-state index in [2.05, 4.69) is 4.98 Å². The highest BCUT2D eigenvalue weighted by atomic mass is 32.2. The molecule has 0 N–H and O–H groups in total. The fraction of sp³-hybridized carbons (Fsp3) is 0.333. The van der Waals surface area contributed by atoms with Crippen LogP contribution in [0.1, 0.15) is 42.9 Å². The first-order chi connectivity index (χ1) is 15.3. The number of esters is 1. The zero-order valence-electron chi connectivity index (χ0n) is 16.3. The summed E-state index contributed by atoms with van der Waals surface area (Å²) in [6.07, 6.45) is 2.67. The van der Waals surface area contributed by atoms with Gasteiger partial charge in [0.2, 0.25) is 11.7 Å². The van der Waals surface area contributed by atoms with Gasteiger partial charge in [0.1, 0.15) is 11.1 Å². The second-order valence-electron chi connectivity index (χ2n) is 7.65. The monoisotopic (exact) mass is 469 g/mol. The Labute approximate surface area is 181 Å². The van der Waals surface area contributed by atoms with Crippen LogP contribution in [-0.4, -0.2) is 20.9 Å². The highest BCUT2D eigenvalue weighted by Gasteiger charge is 2.51. The minimum Gasteiger partial charge on any atom is -0.436 e.